The van der Waals surface area contributed by atoms with Crippen LogP contribution >= 0.6 is 0 Å². The number of phenols is 2. The first-order chi connectivity index (χ1) is 7.34. The zero-order valence-electron chi connectivity index (χ0n) is 8.57. The molecule has 0 aliphatic rings. The van der Waals surface area contributed by atoms with Crippen LogP contribution in [0.4, 0.5) is 4.39 Å². The quantitative estimate of drug-likeness (QED) is 0.565. The largest absolute Gasteiger partial charge is 0.504 e. The Bertz CT molecular complexity index is 433. The number of hydrogen-bond acceptors (Lipinski definition) is 4. The monoisotopic (exact) mass is 229 g/mol. The van der Waals surface area contributed by atoms with Crippen LogP contribution < -0.4 is 5.73 Å². The highest BCUT2D eigenvalue weighted by molar-refractivity contribution is 5.73. The van der Waals surface area contributed by atoms with Crippen LogP contribution in [0.2, 0.25) is 0 Å². The summed E-state index contributed by atoms with van der Waals surface area (Å²) in [5.74, 6) is -3.73. The van der Waals surface area contributed by atoms with Crippen molar-refractivity contribution >= 4 is 5.97 Å². The van der Waals surface area contributed by atoms with Gasteiger partial charge in [0.15, 0.2) is 17.3 Å². The molecule has 1 aromatic carbocycles. The molecule has 88 valence electrons. The maximum Gasteiger partial charge on any atom is 0.320 e. The van der Waals surface area contributed by atoms with E-state index in [0.29, 0.717) is 0 Å². The molecule has 0 saturated heterocycles. The molecule has 1 rings (SSSR count). The molecule has 0 saturated carbocycles. The summed E-state index contributed by atoms with van der Waals surface area (Å²) >= 11 is 0. The summed E-state index contributed by atoms with van der Waals surface area (Å²) in [7, 11) is 0. The Balaban J connectivity index is 3.11. The van der Waals surface area contributed by atoms with Crippen LogP contribution in [-0.4, -0.2) is 27.3 Å². The first kappa shape index (κ1) is 12.3. The molecule has 1 unspecified atom stereocenters. The van der Waals surface area contributed by atoms with Crippen molar-refractivity contribution in [3.05, 3.63) is 23.0 Å². The van der Waals surface area contributed by atoms with Crippen molar-refractivity contribution in [3.8, 4) is 11.5 Å². The Morgan fingerprint density at radius 3 is 2.56 bits per heavy atom. The van der Waals surface area contributed by atoms with E-state index in [9.17, 15) is 19.4 Å². The third kappa shape index (κ3) is 2.22. The molecule has 0 amide bonds. The number of carbonyl (C=O) groups is 1. The normalized spacial score (nSPS) is 12.4. The molecule has 5 N–H and O–H groups in total. The molecule has 0 heterocycles. The number of carboxylic acid groups (broad SMARTS) is 1. The van der Waals surface area contributed by atoms with Gasteiger partial charge >= 0.3 is 5.97 Å². The Morgan fingerprint density at radius 2 is 2.06 bits per heavy atom. The van der Waals surface area contributed by atoms with Gasteiger partial charge in [-0.25, -0.2) is 4.39 Å². The number of halogens is 1. The van der Waals surface area contributed by atoms with Crippen LogP contribution in [0, 0.1) is 12.7 Å². The van der Waals surface area contributed by atoms with Crippen LogP contribution in [0.25, 0.3) is 0 Å². The van der Waals surface area contributed by atoms with Gasteiger partial charge in [-0.05, 0) is 24.1 Å². The number of benzene rings is 1. The molecule has 0 bridgehead atoms. The standard InChI is InChI=1S/C10H12FNO4/c1-4-2-5(3-6(12)10(15)16)7(11)9(14)8(4)13/h2,6,13-14H,3,12H2,1H3,(H,15,16). The van der Waals surface area contributed by atoms with Crippen LogP contribution in [0.1, 0.15) is 11.1 Å². The zero-order valence-corrected chi connectivity index (χ0v) is 8.57. The van der Waals surface area contributed by atoms with Gasteiger partial charge in [0.05, 0.1) is 0 Å². The van der Waals surface area contributed by atoms with Crippen LogP contribution in [0.15, 0.2) is 6.07 Å². The summed E-state index contributed by atoms with van der Waals surface area (Å²) in [6, 6.07) is 0.00513. The molecular weight excluding hydrogens is 217 g/mol. The summed E-state index contributed by atoms with van der Waals surface area (Å²) in [6.45, 7) is 1.46. The van der Waals surface area contributed by atoms with Crippen LogP contribution in [0.5, 0.6) is 11.5 Å². The lowest BCUT2D eigenvalue weighted by Gasteiger charge is -2.11. The molecule has 5 nitrogen and oxygen atoms in total. The van der Waals surface area contributed by atoms with Gasteiger partial charge in [-0.15, -0.1) is 0 Å². The van der Waals surface area contributed by atoms with E-state index in [0.717, 1.165) is 0 Å². The average molecular weight is 229 g/mol. The number of phenolic OH excluding ortho intramolecular Hbond substituents is 2. The molecule has 0 fully saturated rings. The summed E-state index contributed by atoms with van der Waals surface area (Å²) in [4.78, 5) is 10.5. The Labute approximate surface area is 90.9 Å². The lowest BCUT2D eigenvalue weighted by Crippen LogP contribution is -2.32. The molecule has 0 aromatic heterocycles. The first-order valence-corrected chi connectivity index (χ1v) is 4.53. The summed E-state index contributed by atoms with van der Waals surface area (Å²) in [5.41, 5.74) is 5.46. The summed E-state index contributed by atoms with van der Waals surface area (Å²) < 4.78 is 13.4. The third-order valence-electron chi connectivity index (χ3n) is 2.24. The van der Waals surface area contributed by atoms with E-state index >= 15 is 0 Å². The van der Waals surface area contributed by atoms with Gasteiger partial charge in [-0.2, -0.15) is 0 Å². The van der Waals surface area contributed by atoms with Crippen molar-refractivity contribution in [2.24, 2.45) is 5.73 Å². The molecule has 0 spiro atoms. The van der Waals surface area contributed by atoms with Crippen molar-refractivity contribution in [3.63, 3.8) is 0 Å². The minimum Gasteiger partial charge on any atom is -0.504 e. The number of nitrogens with two attached hydrogens (primary N) is 1. The topological polar surface area (TPSA) is 104 Å². The van der Waals surface area contributed by atoms with Crippen molar-refractivity contribution in [2.75, 3.05) is 0 Å². The molecule has 1 atom stereocenters. The lowest BCUT2D eigenvalue weighted by atomic mass is 10.0. The van der Waals surface area contributed by atoms with E-state index in [1.807, 2.05) is 0 Å². The number of aromatic hydroxyl groups is 2. The minimum absolute atomic E-state index is 0.0392. The highest BCUT2D eigenvalue weighted by Gasteiger charge is 2.19. The second-order valence-electron chi connectivity index (χ2n) is 3.51. The van der Waals surface area contributed by atoms with Gasteiger partial charge in [-0.1, -0.05) is 0 Å². The fourth-order valence-electron chi connectivity index (χ4n) is 1.31. The van der Waals surface area contributed by atoms with Gasteiger partial charge in [0.25, 0.3) is 0 Å². The van der Waals surface area contributed by atoms with Gasteiger partial charge in [-0.3, -0.25) is 4.79 Å². The molecule has 0 aliphatic carbocycles. The first-order valence-electron chi connectivity index (χ1n) is 4.53. The maximum atomic E-state index is 13.4. The molecule has 16 heavy (non-hydrogen) atoms. The average Bonchev–Trinajstić information content (AvgIpc) is 2.22. The number of rotatable bonds is 3. The molecule has 6 heteroatoms. The summed E-state index contributed by atoms with van der Waals surface area (Å²) in [5, 5.41) is 27.0. The van der Waals surface area contributed by atoms with Crippen molar-refractivity contribution in [1.29, 1.82) is 0 Å². The van der Waals surface area contributed by atoms with Gasteiger partial charge in [0.1, 0.15) is 6.04 Å². The predicted octanol–water partition coefficient (Wildman–Crippen LogP) is 0.500. The van der Waals surface area contributed by atoms with E-state index in [2.05, 4.69) is 0 Å². The third-order valence-corrected chi connectivity index (χ3v) is 2.24. The zero-order chi connectivity index (χ0) is 12.5. The highest BCUT2D eigenvalue weighted by atomic mass is 19.1. The smallest absolute Gasteiger partial charge is 0.320 e. The molecular formula is C10H12FNO4. The summed E-state index contributed by atoms with van der Waals surface area (Å²) in [6.07, 6.45) is -0.254. The lowest BCUT2D eigenvalue weighted by molar-refractivity contribution is -0.138. The molecule has 0 radical (unpaired) electrons. The van der Waals surface area contributed by atoms with E-state index in [1.54, 1.807) is 0 Å². The minimum atomic E-state index is -1.26. The Hall–Kier alpha value is -1.82. The van der Waals surface area contributed by atoms with E-state index < -0.39 is 29.3 Å². The van der Waals surface area contributed by atoms with Crippen LogP contribution in [0.3, 0.4) is 0 Å². The van der Waals surface area contributed by atoms with Crippen molar-refractivity contribution < 1.29 is 24.5 Å². The van der Waals surface area contributed by atoms with Gasteiger partial charge in [0, 0.05) is 6.42 Å². The molecule has 0 aliphatic heterocycles. The Kier molecular flexibility index (Phi) is 3.34. The number of aliphatic carboxylic acids is 1. The van der Waals surface area contributed by atoms with E-state index in [-0.39, 0.29) is 17.5 Å². The SMILES string of the molecule is Cc1cc(CC(N)C(=O)O)c(F)c(O)c1O. The van der Waals surface area contributed by atoms with Gasteiger partial charge in [0.2, 0.25) is 0 Å². The number of hydrogen-bond donors (Lipinski definition) is 4. The Morgan fingerprint density at radius 1 is 1.50 bits per heavy atom. The highest BCUT2D eigenvalue weighted by Crippen LogP contribution is 2.33. The number of aryl methyl sites for hydroxylation is 1. The fourth-order valence-corrected chi connectivity index (χ4v) is 1.31. The second-order valence-corrected chi connectivity index (χ2v) is 3.51. The number of carboxylic acids is 1. The van der Waals surface area contributed by atoms with Crippen LogP contribution in [-0.2, 0) is 11.2 Å². The molecule has 1 aromatic rings. The van der Waals surface area contributed by atoms with Gasteiger partial charge < -0.3 is 21.1 Å². The van der Waals surface area contributed by atoms with Crippen molar-refractivity contribution in [2.45, 2.75) is 19.4 Å². The second kappa shape index (κ2) is 4.36. The maximum absolute atomic E-state index is 13.4. The van der Waals surface area contributed by atoms with E-state index in [1.165, 1.54) is 13.0 Å². The van der Waals surface area contributed by atoms with E-state index in [4.69, 9.17) is 10.8 Å². The van der Waals surface area contributed by atoms with Crippen molar-refractivity contribution in [1.82, 2.24) is 0 Å². The predicted molar refractivity (Wildman–Crippen MR) is 53.8 cm³/mol. The fraction of sp³-hybridized carbons (Fsp3) is 0.300.